The molecule has 1 unspecified atom stereocenters. The molecule has 3 aromatic rings. The van der Waals surface area contributed by atoms with Crippen LogP contribution in [0.15, 0.2) is 54.6 Å². The number of ether oxygens (including phenoxy) is 3. The van der Waals surface area contributed by atoms with Gasteiger partial charge < -0.3 is 19.3 Å². The Kier molecular flexibility index (Phi) is 9.35. The summed E-state index contributed by atoms with van der Waals surface area (Å²) in [5.74, 6) is 2.09. The number of aliphatic hydroxyl groups is 1. The largest absolute Gasteiger partial charge is 0.497 e. The van der Waals surface area contributed by atoms with Crippen molar-refractivity contribution in [3.63, 3.8) is 0 Å². The number of rotatable bonds is 12. The molecule has 1 aliphatic heterocycles. The number of β-amino-alcohol motifs (C(OH)–C–C–N with tert-alkyl or cyclic N) is 1. The van der Waals surface area contributed by atoms with Crippen LogP contribution in [-0.4, -0.2) is 83.8 Å². The zero-order chi connectivity index (χ0) is 25.3. The number of hydrogen-bond donors (Lipinski definition) is 1. The van der Waals surface area contributed by atoms with Crippen molar-refractivity contribution in [2.45, 2.75) is 32.9 Å². The second-order valence-corrected chi connectivity index (χ2v) is 9.20. The van der Waals surface area contributed by atoms with Crippen LogP contribution in [0.25, 0.3) is 5.69 Å². The highest BCUT2D eigenvalue weighted by Gasteiger charge is 2.23. The van der Waals surface area contributed by atoms with E-state index in [4.69, 9.17) is 19.3 Å². The molecule has 1 aliphatic rings. The van der Waals surface area contributed by atoms with Crippen LogP contribution in [0.4, 0.5) is 0 Å². The SMILES string of the molecule is CCCN(Cc1c(C)nn(-c2ccccc2)c1Oc1cccc(OC)c1)CC(O)CN1CCOCC1. The summed E-state index contributed by atoms with van der Waals surface area (Å²) in [6.07, 6.45) is 0.546. The van der Waals surface area contributed by atoms with E-state index >= 15 is 0 Å². The number of aliphatic hydroxyl groups excluding tert-OH is 1. The fourth-order valence-electron chi connectivity index (χ4n) is 4.56. The Morgan fingerprint density at radius 2 is 1.83 bits per heavy atom. The highest BCUT2D eigenvalue weighted by molar-refractivity contribution is 5.44. The van der Waals surface area contributed by atoms with Crippen molar-refractivity contribution >= 4 is 0 Å². The second-order valence-electron chi connectivity index (χ2n) is 9.20. The number of benzene rings is 2. The number of hydrogen-bond acceptors (Lipinski definition) is 7. The smallest absolute Gasteiger partial charge is 0.227 e. The Labute approximate surface area is 214 Å². The van der Waals surface area contributed by atoms with E-state index in [1.165, 1.54) is 0 Å². The van der Waals surface area contributed by atoms with Crippen molar-refractivity contribution in [2.24, 2.45) is 0 Å². The van der Waals surface area contributed by atoms with Crippen molar-refractivity contribution in [1.29, 1.82) is 0 Å². The highest BCUT2D eigenvalue weighted by Crippen LogP contribution is 2.33. The van der Waals surface area contributed by atoms with Gasteiger partial charge in [-0.25, -0.2) is 4.68 Å². The summed E-state index contributed by atoms with van der Waals surface area (Å²) in [5.41, 5.74) is 2.84. The number of morpholine rings is 1. The summed E-state index contributed by atoms with van der Waals surface area (Å²) in [6, 6.07) is 17.6. The summed E-state index contributed by atoms with van der Waals surface area (Å²) >= 11 is 0. The zero-order valence-electron chi connectivity index (χ0n) is 21.6. The van der Waals surface area contributed by atoms with Gasteiger partial charge in [0.05, 0.1) is 43.4 Å². The van der Waals surface area contributed by atoms with Gasteiger partial charge in [-0.1, -0.05) is 31.2 Å². The van der Waals surface area contributed by atoms with Crippen LogP contribution in [0.1, 0.15) is 24.6 Å². The Hall–Kier alpha value is -2.91. The van der Waals surface area contributed by atoms with Gasteiger partial charge in [0.2, 0.25) is 5.88 Å². The van der Waals surface area contributed by atoms with Gasteiger partial charge in [-0.15, -0.1) is 0 Å². The average molecular weight is 495 g/mol. The van der Waals surface area contributed by atoms with E-state index in [1.54, 1.807) is 7.11 Å². The Morgan fingerprint density at radius 1 is 1.08 bits per heavy atom. The molecule has 0 bridgehead atoms. The lowest BCUT2D eigenvalue weighted by atomic mass is 10.2. The highest BCUT2D eigenvalue weighted by atomic mass is 16.5. The van der Waals surface area contributed by atoms with Gasteiger partial charge >= 0.3 is 0 Å². The first-order chi connectivity index (χ1) is 17.6. The van der Waals surface area contributed by atoms with Crippen molar-refractivity contribution < 1.29 is 19.3 Å². The molecule has 1 aromatic heterocycles. The third kappa shape index (κ3) is 6.85. The van der Waals surface area contributed by atoms with Crippen LogP contribution in [0.3, 0.4) is 0 Å². The molecule has 4 rings (SSSR count). The zero-order valence-corrected chi connectivity index (χ0v) is 21.6. The molecule has 1 N–H and O–H groups in total. The summed E-state index contributed by atoms with van der Waals surface area (Å²) < 4.78 is 19.2. The molecule has 0 amide bonds. The predicted molar refractivity (Wildman–Crippen MR) is 140 cm³/mol. The summed E-state index contributed by atoms with van der Waals surface area (Å²) in [5, 5.41) is 15.8. The van der Waals surface area contributed by atoms with Crippen LogP contribution in [0.5, 0.6) is 17.4 Å². The molecular weight excluding hydrogens is 456 g/mol. The molecule has 8 nitrogen and oxygen atoms in total. The van der Waals surface area contributed by atoms with Crippen LogP contribution >= 0.6 is 0 Å². The molecule has 36 heavy (non-hydrogen) atoms. The van der Waals surface area contributed by atoms with E-state index in [1.807, 2.05) is 66.2 Å². The molecule has 0 spiro atoms. The standard InChI is InChI=1S/C28H38N4O4/c1-4-13-31(20-24(33)19-30-14-16-35-17-15-30)21-27-22(2)29-32(23-9-6-5-7-10-23)28(27)36-26-12-8-11-25(18-26)34-3/h5-12,18,24,33H,4,13-17,19-21H2,1-3H3. The fourth-order valence-corrected chi connectivity index (χ4v) is 4.56. The number of aryl methyl sites for hydroxylation is 1. The van der Waals surface area contributed by atoms with Crippen molar-refractivity contribution in [2.75, 3.05) is 53.0 Å². The van der Waals surface area contributed by atoms with Gasteiger partial charge in [0.1, 0.15) is 11.5 Å². The van der Waals surface area contributed by atoms with Gasteiger partial charge in [-0.05, 0) is 44.2 Å². The molecule has 194 valence electrons. The van der Waals surface area contributed by atoms with E-state index in [9.17, 15) is 5.11 Å². The number of aromatic nitrogens is 2. The number of methoxy groups -OCH3 is 1. The molecule has 0 saturated carbocycles. The molecule has 1 fully saturated rings. The first-order valence-electron chi connectivity index (χ1n) is 12.7. The van der Waals surface area contributed by atoms with E-state index in [-0.39, 0.29) is 0 Å². The average Bonchev–Trinajstić information content (AvgIpc) is 3.20. The van der Waals surface area contributed by atoms with Gasteiger partial charge in [0, 0.05) is 38.8 Å². The molecule has 0 aliphatic carbocycles. The summed E-state index contributed by atoms with van der Waals surface area (Å²) in [7, 11) is 1.65. The summed E-state index contributed by atoms with van der Waals surface area (Å²) in [6.45, 7) is 10.1. The third-order valence-corrected chi connectivity index (χ3v) is 6.36. The van der Waals surface area contributed by atoms with Crippen LogP contribution in [-0.2, 0) is 11.3 Å². The predicted octanol–water partition coefficient (Wildman–Crippen LogP) is 3.89. The Morgan fingerprint density at radius 3 is 2.56 bits per heavy atom. The minimum atomic E-state index is -0.443. The third-order valence-electron chi connectivity index (χ3n) is 6.36. The Bertz CT molecular complexity index is 1080. The van der Waals surface area contributed by atoms with Gasteiger partial charge in [-0.2, -0.15) is 5.10 Å². The Balaban J connectivity index is 1.59. The fraction of sp³-hybridized carbons (Fsp3) is 0.464. The lowest BCUT2D eigenvalue weighted by Gasteiger charge is -2.31. The minimum Gasteiger partial charge on any atom is -0.497 e. The molecule has 1 atom stereocenters. The number of nitrogens with zero attached hydrogens (tertiary/aromatic N) is 4. The molecule has 1 saturated heterocycles. The lowest BCUT2D eigenvalue weighted by molar-refractivity contribution is 0.00622. The molecule has 8 heteroatoms. The quantitative estimate of drug-likeness (QED) is 0.410. The molecular formula is C28H38N4O4. The van der Waals surface area contributed by atoms with E-state index in [0.29, 0.717) is 31.3 Å². The number of para-hydroxylation sites is 1. The molecule has 2 heterocycles. The van der Waals surface area contributed by atoms with Gasteiger partial charge in [0.25, 0.3) is 0 Å². The lowest BCUT2D eigenvalue weighted by Crippen LogP contribution is -2.44. The van der Waals surface area contributed by atoms with E-state index < -0.39 is 6.10 Å². The summed E-state index contributed by atoms with van der Waals surface area (Å²) in [4.78, 5) is 4.57. The van der Waals surface area contributed by atoms with Gasteiger partial charge in [-0.3, -0.25) is 9.80 Å². The first-order valence-corrected chi connectivity index (χ1v) is 12.7. The normalized spacial score (nSPS) is 15.2. The van der Waals surface area contributed by atoms with Crippen molar-refractivity contribution in [3.8, 4) is 23.1 Å². The van der Waals surface area contributed by atoms with Crippen molar-refractivity contribution in [3.05, 3.63) is 65.9 Å². The van der Waals surface area contributed by atoms with E-state index in [2.05, 4.69) is 16.7 Å². The molecule has 2 aromatic carbocycles. The van der Waals surface area contributed by atoms with Crippen LogP contribution in [0, 0.1) is 6.92 Å². The van der Waals surface area contributed by atoms with Crippen LogP contribution < -0.4 is 9.47 Å². The monoisotopic (exact) mass is 494 g/mol. The first kappa shape index (κ1) is 26.2. The second kappa shape index (κ2) is 12.9. The van der Waals surface area contributed by atoms with E-state index in [0.717, 1.165) is 62.0 Å². The molecule has 0 radical (unpaired) electrons. The minimum absolute atomic E-state index is 0.443. The maximum absolute atomic E-state index is 10.9. The maximum atomic E-state index is 10.9. The maximum Gasteiger partial charge on any atom is 0.227 e. The van der Waals surface area contributed by atoms with Gasteiger partial charge in [0.15, 0.2) is 0 Å². The topological polar surface area (TPSA) is 72.2 Å². The van der Waals surface area contributed by atoms with Crippen molar-refractivity contribution in [1.82, 2.24) is 19.6 Å². The van der Waals surface area contributed by atoms with Crippen LogP contribution in [0.2, 0.25) is 0 Å².